The summed E-state index contributed by atoms with van der Waals surface area (Å²) in [7, 11) is -3.82. The van der Waals surface area contributed by atoms with E-state index in [2.05, 4.69) is 5.32 Å². The Labute approximate surface area is 207 Å². The number of ether oxygens (including phenoxy) is 2. The summed E-state index contributed by atoms with van der Waals surface area (Å²) in [6.07, 6.45) is 0. The first-order valence-corrected chi connectivity index (χ1v) is 13.3. The van der Waals surface area contributed by atoms with Crippen LogP contribution in [0.3, 0.4) is 0 Å². The average Bonchev–Trinajstić information content (AvgIpc) is 2.85. The minimum atomic E-state index is -3.82. The van der Waals surface area contributed by atoms with Crippen molar-refractivity contribution in [1.82, 2.24) is 10.2 Å². The summed E-state index contributed by atoms with van der Waals surface area (Å²) < 4.78 is 38.3. The lowest BCUT2D eigenvalue weighted by molar-refractivity contribution is -0.139. The number of sulfonamides is 1. The highest BCUT2D eigenvalue weighted by atomic mass is 32.2. The molecule has 10 heteroatoms. The van der Waals surface area contributed by atoms with E-state index in [0.717, 1.165) is 15.4 Å². The van der Waals surface area contributed by atoms with Gasteiger partial charge in [-0.25, -0.2) is 8.42 Å². The SMILES string of the molecule is CCNC(=O)[C@H](C)N(Cc1cccc(C)c1)C(=O)CN(c1ccc2c(c1)OCCO2)S(=O)(=O)CC. The van der Waals surface area contributed by atoms with Crippen molar-refractivity contribution in [3.8, 4) is 11.5 Å². The molecule has 2 aromatic carbocycles. The fraction of sp³-hybridized carbons (Fsp3) is 0.440. The molecule has 9 nitrogen and oxygen atoms in total. The summed E-state index contributed by atoms with van der Waals surface area (Å²) >= 11 is 0. The molecular formula is C25H33N3O6S. The highest BCUT2D eigenvalue weighted by molar-refractivity contribution is 7.92. The molecule has 0 aliphatic carbocycles. The fourth-order valence-corrected chi connectivity index (χ4v) is 4.87. The Balaban J connectivity index is 1.95. The van der Waals surface area contributed by atoms with E-state index >= 15 is 0 Å². The number of carbonyl (C=O) groups is 2. The molecule has 0 saturated heterocycles. The Morgan fingerprint density at radius 2 is 1.77 bits per heavy atom. The maximum absolute atomic E-state index is 13.6. The molecule has 2 aromatic rings. The number of nitrogens with one attached hydrogen (secondary N) is 1. The molecule has 0 radical (unpaired) electrons. The van der Waals surface area contributed by atoms with Crippen molar-refractivity contribution < 1.29 is 27.5 Å². The van der Waals surface area contributed by atoms with Gasteiger partial charge in [-0.3, -0.25) is 13.9 Å². The molecule has 35 heavy (non-hydrogen) atoms. The first-order valence-electron chi connectivity index (χ1n) is 11.7. The Morgan fingerprint density at radius 1 is 1.06 bits per heavy atom. The van der Waals surface area contributed by atoms with Crippen molar-refractivity contribution in [2.24, 2.45) is 0 Å². The van der Waals surface area contributed by atoms with Gasteiger partial charge in [0.25, 0.3) is 0 Å². The van der Waals surface area contributed by atoms with E-state index in [1.807, 2.05) is 31.2 Å². The molecule has 0 saturated carbocycles. The maximum atomic E-state index is 13.6. The van der Waals surface area contributed by atoms with Gasteiger partial charge in [0.2, 0.25) is 21.8 Å². The smallest absolute Gasteiger partial charge is 0.244 e. The Morgan fingerprint density at radius 3 is 2.43 bits per heavy atom. The highest BCUT2D eigenvalue weighted by Gasteiger charge is 2.31. The van der Waals surface area contributed by atoms with Crippen molar-refractivity contribution in [3.63, 3.8) is 0 Å². The van der Waals surface area contributed by atoms with Crippen LogP contribution in [-0.2, 0) is 26.2 Å². The molecule has 1 heterocycles. The van der Waals surface area contributed by atoms with Crippen LogP contribution in [0.25, 0.3) is 0 Å². The number of fused-ring (bicyclic) bond motifs is 1. The van der Waals surface area contributed by atoms with Crippen LogP contribution in [0.5, 0.6) is 11.5 Å². The second kappa shape index (κ2) is 11.4. The number of carbonyl (C=O) groups excluding carboxylic acids is 2. The number of likely N-dealkylation sites (N-methyl/N-ethyl adjacent to an activating group) is 1. The predicted octanol–water partition coefficient (Wildman–Crippen LogP) is 2.48. The number of aryl methyl sites for hydroxylation is 1. The van der Waals surface area contributed by atoms with Crippen LogP contribution < -0.4 is 19.1 Å². The van der Waals surface area contributed by atoms with Crippen LogP contribution in [-0.4, -0.2) is 63.2 Å². The Hall–Kier alpha value is -3.27. The van der Waals surface area contributed by atoms with E-state index < -0.39 is 28.5 Å². The van der Waals surface area contributed by atoms with Gasteiger partial charge in [-0.2, -0.15) is 0 Å². The van der Waals surface area contributed by atoms with E-state index in [0.29, 0.717) is 36.9 Å². The summed E-state index contributed by atoms with van der Waals surface area (Å²) in [6, 6.07) is 11.6. The zero-order chi connectivity index (χ0) is 25.6. The summed E-state index contributed by atoms with van der Waals surface area (Å²) in [5, 5.41) is 2.74. The standard InChI is InChI=1S/C25H33N3O6S/c1-5-26-25(30)19(4)27(16-20-9-7-8-18(3)14-20)24(29)17-28(35(31,32)6-2)21-10-11-22-23(15-21)34-13-12-33-22/h7-11,14-15,19H,5-6,12-13,16-17H2,1-4H3,(H,26,30)/t19-/m0/s1. The third-order valence-electron chi connectivity index (χ3n) is 5.75. The molecule has 1 N–H and O–H groups in total. The number of rotatable bonds is 10. The van der Waals surface area contributed by atoms with E-state index in [1.54, 1.807) is 32.0 Å². The summed E-state index contributed by atoms with van der Waals surface area (Å²) in [4.78, 5) is 27.7. The lowest BCUT2D eigenvalue weighted by Crippen LogP contribution is -2.51. The van der Waals surface area contributed by atoms with Gasteiger partial charge in [0.05, 0.1) is 11.4 Å². The van der Waals surface area contributed by atoms with Gasteiger partial charge in [0.15, 0.2) is 11.5 Å². The summed E-state index contributed by atoms with van der Waals surface area (Å²) in [6.45, 7) is 7.80. The van der Waals surface area contributed by atoms with Gasteiger partial charge in [0, 0.05) is 19.2 Å². The summed E-state index contributed by atoms with van der Waals surface area (Å²) in [5.74, 6) is -0.0517. The Bertz CT molecular complexity index is 1170. The lowest BCUT2D eigenvalue weighted by atomic mass is 10.1. The number of anilines is 1. The normalized spacial score (nSPS) is 13.6. The molecule has 0 aromatic heterocycles. The van der Waals surface area contributed by atoms with Crippen molar-refractivity contribution in [3.05, 3.63) is 53.6 Å². The molecule has 0 spiro atoms. The third kappa shape index (κ3) is 6.45. The average molecular weight is 504 g/mol. The van der Waals surface area contributed by atoms with Crippen molar-refractivity contribution >= 4 is 27.5 Å². The van der Waals surface area contributed by atoms with Crippen LogP contribution in [0, 0.1) is 6.92 Å². The summed E-state index contributed by atoms with van der Waals surface area (Å²) in [5.41, 5.74) is 2.16. The lowest BCUT2D eigenvalue weighted by Gasteiger charge is -2.32. The van der Waals surface area contributed by atoms with Crippen LogP contribution in [0.1, 0.15) is 31.9 Å². The first-order chi connectivity index (χ1) is 16.7. The van der Waals surface area contributed by atoms with E-state index in [1.165, 1.54) is 11.8 Å². The number of hydrogen-bond donors (Lipinski definition) is 1. The zero-order valence-electron chi connectivity index (χ0n) is 20.6. The van der Waals surface area contributed by atoms with Gasteiger partial charge < -0.3 is 19.7 Å². The van der Waals surface area contributed by atoms with E-state index in [-0.39, 0.29) is 18.2 Å². The minimum absolute atomic E-state index is 0.167. The van der Waals surface area contributed by atoms with Crippen LogP contribution in [0.4, 0.5) is 5.69 Å². The van der Waals surface area contributed by atoms with E-state index in [9.17, 15) is 18.0 Å². The number of hydrogen-bond acceptors (Lipinski definition) is 6. The minimum Gasteiger partial charge on any atom is -0.486 e. The number of amides is 2. The molecule has 1 aliphatic heterocycles. The van der Waals surface area contributed by atoms with Crippen molar-refractivity contribution in [2.45, 2.75) is 40.3 Å². The zero-order valence-corrected chi connectivity index (χ0v) is 21.4. The van der Waals surface area contributed by atoms with Crippen molar-refractivity contribution in [1.29, 1.82) is 0 Å². The second-order valence-corrected chi connectivity index (χ2v) is 10.5. The monoisotopic (exact) mass is 503 g/mol. The van der Waals surface area contributed by atoms with Gasteiger partial charge >= 0.3 is 0 Å². The molecule has 190 valence electrons. The second-order valence-electron chi connectivity index (χ2n) is 8.32. The van der Waals surface area contributed by atoms with Gasteiger partial charge in [-0.15, -0.1) is 0 Å². The molecule has 0 bridgehead atoms. The number of benzene rings is 2. The molecule has 0 unspecified atom stereocenters. The predicted molar refractivity (Wildman–Crippen MR) is 134 cm³/mol. The van der Waals surface area contributed by atoms with E-state index in [4.69, 9.17) is 9.47 Å². The molecule has 1 aliphatic rings. The first kappa shape index (κ1) is 26.3. The van der Waals surface area contributed by atoms with Crippen LogP contribution >= 0.6 is 0 Å². The van der Waals surface area contributed by atoms with Gasteiger partial charge in [0.1, 0.15) is 25.8 Å². The topological polar surface area (TPSA) is 105 Å². The molecule has 3 rings (SSSR count). The molecular weight excluding hydrogens is 470 g/mol. The maximum Gasteiger partial charge on any atom is 0.244 e. The Kier molecular flexibility index (Phi) is 8.61. The third-order valence-corrected chi connectivity index (χ3v) is 7.49. The largest absolute Gasteiger partial charge is 0.486 e. The quantitative estimate of drug-likeness (QED) is 0.534. The molecule has 0 fully saturated rings. The van der Waals surface area contributed by atoms with Crippen LogP contribution in [0.15, 0.2) is 42.5 Å². The molecule has 1 atom stereocenters. The van der Waals surface area contributed by atoms with Crippen molar-refractivity contribution in [2.75, 3.05) is 36.4 Å². The van der Waals surface area contributed by atoms with Gasteiger partial charge in [-0.05, 0) is 45.4 Å². The van der Waals surface area contributed by atoms with Gasteiger partial charge in [-0.1, -0.05) is 29.8 Å². The fourth-order valence-electron chi connectivity index (χ4n) is 3.82. The number of nitrogens with zero attached hydrogens (tertiary/aromatic N) is 2. The molecule has 2 amide bonds. The highest BCUT2D eigenvalue weighted by Crippen LogP contribution is 2.35. The van der Waals surface area contributed by atoms with Crippen LogP contribution in [0.2, 0.25) is 0 Å².